The second-order valence-corrected chi connectivity index (χ2v) is 6.44. The molecule has 7 heteroatoms. The summed E-state index contributed by atoms with van der Waals surface area (Å²) in [6.07, 6.45) is 7.16. The summed E-state index contributed by atoms with van der Waals surface area (Å²) in [4.78, 5) is 15.1. The van der Waals surface area contributed by atoms with Gasteiger partial charge in [-0.15, -0.1) is 0 Å². The van der Waals surface area contributed by atoms with Crippen molar-refractivity contribution >= 4 is 21.7 Å². The van der Waals surface area contributed by atoms with Crippen LogP contribution in [0.5, 0.6) is 11.8 Å². The van der Waals surface area contributed by atoms with E-state index in [0.29, 0.717) is 11.8 Å². The zero-order chi connectivity index (χ0) is 16.2. The summed E-state index contributed by atoms with van der Waals surface area (Å²) in [5.74, 6) is 1.63. The number of methoxy groups -OCH3 is 1. The summed E-state index contributed by atoms with van der Waals surface area (Å²) >= 11 is 3.46. The van der Waals surface area contributed by atoms with Gasteiger partial charge >= 0.3 is 6.01 Å². The van der Waals surface area contributed by atoms with E-state index in [1.165, 1.54) is 0 Å². The van der Waals surface area contributed by atoms with E-state index in [1.54, 1.807) is 19.5 Å². The van der Waals surface area contributed by atoms with Gasteiger partial charge in [0.1, 0.15) is 11.9 Å². The van der Waals surface area contributed by atoms with Crippen molar-refractivity contribution in [2.45, 2.75) is 25.9 Å². The monoisotopic (exact) mass is 378 g/mol. The Morgan fingerprint density at radius 2 is 2.00 bits per heavy atom. The number of anilines is 1. The highest BCUT2D eigenvalue weighted by molar-refractivity contribution is 9.10. The lowest BCUT2D eigenvalue weighted by atomic mass is 10.1. The minimum Gasteiger partial charge on any atom is -0.494 e. The number of hydrogen-bond acceptors (Lipinski definition) is 6. The van der Waals surface area contributed by atoms with Gasteiger partial charge in [0.15, 0.2) is 5.75 Å². The Hall–Kier alpha value is -1.89. The molecule has 0 aliphatic carbocycles. The average molecular weight is 379 g/mol. The van der Waals surface area contributed by atoms with Crippen molar-refractivity contribution < 1.29 is 9.47 Å². The van der Waals surface area contributed by atoms with Gasteiger partial charge in [-0.1, -0.05) is 0 Å². The van der Waals surface area contributed by atoms with Crippen LogP contribution in [0.2, 0.25) is 0 Å². The number of aromatic nitrogens is 3. The maximum absolute atomic E-state index is 5.91. The van der Waals surface area contributed by atoms with E-state index in [0.717, 1.165) is 41.8 Å². The lowest BCUT2D eigenvalue weighted by Crippen LogP contribution is -2.42. The van der Waals surface area contributed by atoms with Crippen LogP contribution in [0.1, 0.15) is 18.4 Å². The van der Waals surface area contributed by atoms with E-state index < -0.39 is 0 Å². The molecule has 122 valence electrons. The van der Waals surface area contributed by atoms with Crippen LogP contribution in [0, 0.1) is 6.92 Å². The fourth-order valence-corrected chi connectivity index (χ4v) is 3.16. The number of rotatable bonds is 4. The first kappa shape index (κ1) is 16.0. The van der Waals surface area contributed by atoms with Gasteiger partial charge in [0, 0.05) is 17.2 Å². The normalized spacial score (nSPS) is 17.9. The largest absolute Gasteiger partial charge is 0.494 e. The molecule has 0 N–H and O–H groups in total. The van der Waals surface area contributed by atoms with E-state index >= 15 is 0 Å². The highest BCUT2D eigenvalue weighted by Crippen LogP contribution is 2.25. The number of pyridine rings is 1. The second-order valence-electron chi connectivity index (χ2n) is 5.53. The number of hydrogen-bond donors (Lipinski definition) is 0. The summed E-state index contributed by atoms with van der Waals surface area (Å²) < 4.78 is 12.0. The van der Waals surface area contributed by atoms with Gasteiger partial charge in [0.25, 0.3) is 0 Å². The van der Waals surface area contributed by atoms with Crippen molar-refractivity contribution in [2.75, 3.05) is 25.1 Å². The van der Waals surface area contributed by atoms with E-state index in [1.807, 2.05) is 6.20 Å². The lowest BCUT2D eigenvalue weighted by Gasteiger charge is -2.33. The Morgan fingerprint density at radius 3 is 2.70 bits per heavy atom. The van der Waals surface area contributed by atoms with Crippen LogP contribution in [0.3, 0.4) is 0 Å². The molecule has 1 aliphatic heterocycles. The first-order valence-corrected chi connectivity index (χ1v) is 8.35. The zero-order valence-electron chi connectivity index (χ0n) is 13.2. The summed E-state index contributed by atoms with van der Waals surface area (Å²) in [5, 5.41) is 0. The molecule has 0 spiro atoms. The Morgan fingerprint density at radius 1 is 1.22 bits per heavy atom. The highest BCUT2D eigenvalue weighted by Gasteiger charge is 2.24. The Kier molecular flexibility index (Phi) is 4.95. The number of piperidine rings is 1. The van der Waals surface area contributed by atoms with Crippen molar-refractivity contribution in [3.8, 4) is 11.8 Å². The fraction of sp³-hybridized carbons (Fsp3) is 0.438. The van der Waals surface area contributed by atoms with Gasteiger partial charge in [0.05, 0.1) is 26.0 Å². The SMILES string of the molecule is COc1cnc(OC2CCCN(c3ncc(Br)cc3C)C2)nc1. The molecule has 1 fully saturated rings. The van der Waals surface area contributed by atoms with Crippen molar-refractivity contribution in [1.82, 2.24) is 15.0 Å². The van der Waals surface area contributed by atoms with Crippen LogP contribution in [0.15, 0.2) is 29.1 Å². The highest BCUT2D eigenvalue weighted by atomic mass is 79.9. The van der Waals surface area contributed by atoms with Crippen molar-refractivity contribution in [1.29, 1.82) is 0 Å². The molecule has 0 radical (unpaired) electrons. The second kappa shape index (κ2) is 7.12. The van der Waals surface area contributed by atoms with Crippen LogP contribution in [-0.4, -0.2) is 41.3 Å². The molecule has 1 saturated heterocycles. The van der Waals surface area contributed by atoms with Crippen molar-refractivity contribution in [2.24, 2.45) is 0 Å². The molecule has 2 aromatic rings. The molecule has 0 aromatic carbocycles. The molecule has 0 amide bonds. The molecule has 1 unspecified atom stereocenters. The Bertz CT molecular complexity index is 666. The number of halogens is 1. The zero-order valence-corrected chi connectivity index (χ0v) is 14.8. The molecule has 0 saturated carbocycles. The molecule has 0 bridgehead atoms. The van der Waals surface area contributed by atoms with Crippen LogP contribution in [0.4, 0.5) is 5.82 Å². The third-order valence-corrected chi connectivity index (χ3v) is 4.24. The third-order valence-electron chi connectivity index (χ3n) is 3.81. The van der Waals surface area contributed by atoms with Gasteiger partial charge < -0.3 is 14.4 Å². The van der Waals surface area contributed by atoms with Crippen LogP contribution in [0.25, 0.3) is 0 Å². The molecule has 23 heavy (non-hydrogen) atoms. The molecule has 1 atom stereocenters. The molecule has 3 rings (SSSR count). The van der Waals surface area contributed by atoms with Gasteiger partial charge in [-0.3, -0.25) is 0 Å². The summed E-state index contributed by atoms with van der Waals surface area (Å²) in [6.45, 7) is 3.84. The van der Waals surface area contributed by atoms with Gasteiger partial charge in [-0.25, -0.2) is 4.98 Å². The van der Waals surface area contributed by atoms with Crippen LogP contribution >= 0.6 is 15.9 Å². The van der Waals surface area contributed by atoms with E-state index in [4.69, 9.17) is 9.47 Å². The number of ether oxygens (including phenoxy) is 2. The summed E-state index contributed by atoms with van der Waals surface area (Å²) in [7, 11) is 1.59. The van der Waals surface area contributed by atoms with Crippen molar-refractivity contribution in [3.63, 3.8) is 0 Å². The maximum atomic E-state index is 5.91. The fourth-order valence-electron chi connectivity index (χ4n) is 2.71. The lowest BCUT2D eigenvalue weighted by molar-refractivity contribution is 0.163. The van der Waals surface area contributed by atoms with Crippen LogP contribution < -0.4 is 14.4 Å². The third kappa shape index (κ3) is 3.90. The topological polar surface area (TPSA) is 60.4 Å². The Balaban J connectivity index is 1.67. The summed E-state index contributed by atoms with van der Waals surface area (Å²) in [5.41, 5.74) is 1.15. The van der Waals surface area contributed by atoms with Crippen molar-refractivity contribution in [3.05, 3.63) is 34.7 Å². The quantitative estimate of drug-likeness (QED) is 0.814. The first-order valence-electron chi connectivity index (χ1n) is 7.55. The van der Waals surface area contributed by atoms with Gasteiger partial charge in [-0.05, 0) is 47.3 Å². The Labute approximate surface area is 144 Å². The molecule has 2 aromatic heterocycles. The predicted molar refractivity (Wildman–Crippen MR) is 91.1 cm³/mol. The number of aryl methyl sites for hydroxylation is 1. The molecule has 3 heterocycles. The van der Waals surface area contributed by atoms with Crippen LogP contribution in [-0.2, 0) is 0 Å². The van der Waals surface area contributed by atoms with E-state index in [2.05, 4.69) is 48.8 Å². The molecule has 1 aliphatic rings. The maximum Gasteiger partial charge on any atom is 0.316 e. The minimum absolute atomic E-state index is 0.0574. The number of nitrogens with zero attached hydrogens (tertiary/aromatic N) is 4. The average Bonchev–Trinajstić information content (AvgIpc) is 2.56. The molecule has 6 nitrogen and oxygen atoms in total. The summed E-state index contributed by atoms with van der Waals surface area (Å²) in [6, 6.07) is 2.47. The van der Waals surface area contributed by atoms with E-state index in [-0.39, 0.29) is 6.10 Å². The predicted octanol–water partition coefficient (Wildman–Crippen LogP) is 3.00. The standard InChI is InChI=1S/C16H19BrN4O2/c1-11-6-12(17)7-18-15(11)21-5-3-4-13(10-21)23-16-19-8-14(22-2)9-20-16/h6-9,13H,3-5,10H2,1-2H3. The minimum atomic E-state index is 0.0574. The van der Waals surface area contributed by atoms with E-state index in [9.17, 15) is 0 Å². The van der Waals surface area contributed by atoms with Gasteiger partial charge in [0.2, 0.25) is 0 Å². The first-order chi connectivity index (χ1) is 11.2. The molecular formula is C16H19BrN4O2. The molecular weight excluding hydrogens is 360 g/mol. The smallest absolute Gasteiger partial charge is 0.316 e. The van der Waals surface area contributed by atoms with Gasteiger partial charge in [-0.2, -0.15) is 9.97 Å².